The first kappa shape index (κ1) is 13.6. The molecule has 0 saturated heterocycles. The van der Waals surface area contributed by atoms with E-state index in [0.717, 1.165) is 11.8 Å². The maximum Gasteiger partial charge on any atom is 0.00730 e. The molecule has 0 heterocycles. The van der Waals surface area contributed by atoms with Crippen LogP contribution in [0.4, 0.5) is 0 Å². The van der Waals surface area contributed by atoms with Gasteiger partial charge in [-0.05, 0) is 48.6 Å². The van der Waals surface area contributed by atoms with Crippen LogP contribution >= 0.6 is 0 Å². The Bertz CT molecular complexity index is 366. The van der Waals surface area contributed by atoms with Gasteiger partial charge in [0.05, 0.1) is 0 Å². The molecule has 100 valence electrons. The van der Waals surface area contributed by atoms with Crippen molar-refractivity contribution in [3.05, 3.63) is 35.4 Å². The Hall–Kier alpha value is -0.820. The highest BCUT2D eigenvalue weighted by Crippen LogP contribution is 2.39. The van der Waals surface area contributed by atoms with E-state index >= 15 is 0 Å². The first-order valence-corrected chi connectivity index (χ1v) is 7.59. The third kappa shape index (κ3) is 2.95. The zero-order valence-corrected chi connectivity index (χ0v) is 11.9. The largest absolute Gasteiger partial charge is 0.327 e. The van der Waals surface area contributed by atoms with Crippen LogP contribution in [0.15, 0.2) is 24.3 Å². The molecular weight excluding hydrogens is 218 g/mol. The van der Waals surface area contributed by atoms with Crippen LogP contribution in [0.2, 0.25) is 0 Å². The fraction of sp³-hybridized carbons (Fsp3) is 0.647. The van der Waals surface area contributed by atoms with Crippen LogP contribution < -0.4 is 5.73 Å². The predicted octanol–water partition coefficient (Wildman–Crippen LogP) is 4.26. The summed E-state index contributed by atoms with van der Waals surface area (Å²) in [5.41, 5.74) is 9.55. The summed E-state index contributed by atoms with van der Waals surface area (Å²) in [5.74, 6) is 1.46. The van der Waals surface area contributed by atoms with Crippen LogP contribution in [-0.4, -0.2) is 6.04 Å². The minimum Gasteiger partial charge on any atom is -0.327 e. The van der Waals surface area contributed by atoms with E-state index in [1.165, 1.54) is 44.1 Å². The van der Waals surface area contributed by atoms with Crippen molar-refractivity contribution >= 4 is 0 Å². The molecule has 2 unspecified atom stereocenters. The number of nitrogens with two attached hydrogens (primary N) is 1. The van der Waals surface area contributed by atoms with Crippen molar-refractivity contribution in [1.82, 2.24) is 0 Å². The summed E-state index contributed by atoms with van der Waals surface area (Å²) in [6.07, 6.45) is 7.54. The molecule has 2 atom stereocenters. The van der Waals surface area contributed by atoms with Crippen molar-refractivity contribution in [3.63, 3.8) is 0 Å². The number of rotatable bonds is 7. The second-order valence-electron chi connectivity index (χ2n) is 5.84. The molecule has 0 aromatic heterocycles. The van der Waals surface area contributed by atoms with E-state index in [4.69, 9.17) is 5.73 Å². The molecule has 1 aromatic carbocycles. The van der Waals surface area contributed by atoms with E-state index in [-0.39, 0.29) is 0 Å². The Morgan fingerprint density at radius 3 is 2.44 bits per heavy atom. The lowest BCUT2D eigenvalue weighted by Crippen LogP contribution is -2.34. The van der Waals surface area contributed by atoms with Gasteiger partial charge in [-0.2, -0.15) is 0 Å². The molecular formula is C17H27N. The van der Waals surface area contributed by atoms with Crippen molar-refractivity contribution in [2.45, 2.75) is 64.3 Å². The van der Waals surface area contributed by atoms with Gasteiger partial charge in [-0.1, -0.05) is 51.0 Å². The van der Waals surface area contributed by atoms with Crippen molar-refractivity contribution < 1.29 is 0 Å². The van der Waals surface area contributed by atoms with Gasteiger partial charge in [-0.15, -0.1) is 0 Å². The van der Waals surface area contributed by atoms with Gasteiger partial charge in [-0.3, -0.25) is 0 Å². The predicted molar refractivity (Wildman–Crippen MR) is 78.8 cm³/mol. The molecule has 1 aromatic rings. The van der Waals surface area contributed by atoms with Crippen LogP contribution in [0.1, 0.15) is 63.0 Å². The van der Waals surface area contributed by atoms with E-state index < -0.39 is 0 Å². The SMILES string of the molecule is CCCC(CCC)C(N)CC1Cc2ccccc21. The number of benzene rings is 1. The zero-order valence-electron chi connectivity index (χ0n) is 11.9. The lowest BCUT2D eigenvalue weighted by atomic mass is 9.72. The number of hydrogen-bond donors (Lipinski definition) is 1. The highest BCUT2D eigenvalue weighted by atomic mass is 14.7. The van der Waals surface area contributed by atoms with Gasteiger partial charge in [0.2, 0.25) is 0 Å². The third-order valence-corrected chi connectivity index (χ3v) is 4.44. The lowest BCUT2D eigenvalue weighted by Gasteiger charge is -2.34. The summed E-state index contributed by atoms with van der Waals surface area (Å²) in [6.45, 7) is 4.54. The molecule has 0 saturated carbocycles. The summed E-state index contributed by atoms with van der Waals surface area (Å²) in [5, 5.41) is 0. The van der Waals surface area contributed by atoms with Crippen molar-refractivity contribution in [3.8, 4) is 0 Å². The van der Waals surface area contributed by atoms with Crippen molar-refractivity contribution in [2.75, 3.05) is 0 Å². The molecule has 0 aliphatic heterocycles. The highest BCUT2D eigenvalue weighted by molar-refractivity contribution is 5.39. The number of hydrogen-bond acceptors (Lipinski definition) is 1. The van der Waals surface area contributed by atoms with Crippen LogP contribution in [-0.2, 0) is 6.42 Å². The van der Waals surface area contributed by atoms with Gasteiger partial charge in [-0.25, -0.2) is 0 Å². The second kappa shape index (κ2) is 6.38. The van der Waals surface area contributed by atoms with E-state index in [1.807, 2.05) is 0 Å². The molecule has 1 nitrogen and oxygen atoms in total. The summed E-state index contributed by atoms with van der Waals surface area (Å²) in [7, 11) is 0. The molecule has 0 radical (unpaired) electrons. The van der Waals surface area contributed by atoms with Crippen LogP contribution in [0.25, 0.3) is 0 Å². The maximum atomic E-state index is 6.46. The Labute approximate surface area is 112 Å². The zero-order chi connectivity index (χ0) is 13.0. The monoisotopic (exact) mass is 245 g/mol. The van der Waals surface area contributed by atoms with Crippen LogP contribution in [0.3, 0.4) is 0 Å². The van der Waals surface area contributed by atoms with E-state index in [9.17, 15) is 0 Å². The highest BCUT2D eigenvalue weighted by Gasteiger charge is 2.29. The molecule has 0 bridgehead atoms. The summed E-state index contributed by atoms with van der Waals surface area (Å²) >= 11 is 0. The van der Waals surface area contributed by atoms with Gasteiger partial charge in [0.25, 0.3) is 0 Å². The number of fused-ring (bicyclic) bond motifs is 1. The Morgan fingerprint density at radius 2 is 1.83 bits per heavy atom. The molecule has 1 heteroatoms. The van der Waals surface area contributed by atoms with Crippen molar-refractivity contribution in [2.24, 2.45) is 11.7 Å². The molecule has 2 rings (SSSR count). The second-order valence-corrected chi connectivity index (χ2v) is 5.84. The van der Waals surface area contributed by atoms with Crippen molar-refractivity contribution in [1.29, 1.82) is 0 Å². The molecule has 1 aliphatic rings. The first-order chi connectivity index (χ1) is 8.76. The standard InChI is InChI=1S/C17H27N/c1-3-7-13(8-4-2)17(18)12-15-11-14-9-5-6-10-16(14)15/h5-6,9-10,13,15,17H,3-4,7-8,11-12,18H2,1-2H3. The average molecular weight is 245 g/mol. The van der Waals surface area contributed by atoms with E-state index in [2.05, 4.69) is 38.1 Å². The molecule has 0 spiro atoms. The molecule has 0 amide bonds. The Morgan fingerprint density at radius 1 is 1.17 bits per heavy atom. The van der Waals surface area contributed by atoms with Gasteiger partial charge in [0, 0.05) is 6.04 Å². The van der Waals surface area contributed by atoms with Gasteiger partial charge in [0.1, 0.15) is 0 Å². The van der Waals surface area contributed by atoms with E-state index in [0.29, 0.717) is 6.04 Å². The quantitative estimate of drug-likeness (QED) is 0.763. The Balaban J connectivity index is 1.90. The average Bonchev–Trinajstić information content (AvgIpc) is 2.35. The van der Waals surface area contributed by atoms with E-state index in [1.54, 1.807) is 5.56 Å². The maximum absolute atomic E-state index is 6.46. The smallest absolute Gasteiger partial charge is 0.00730 e. The molecule has 2 N–H and O–H groups in total. The topological polar surface area (TPSA) is 26.0 Å². The normalized spacial score (nSPS) is 19.4. The fourth-order valence-electron chi connectivity index (χ4n) is 3.41. The third-order valence-electron chi connectivity index (χ3n) is 4.44. The minimum atomic E-state index is 0.392. The molecule has 1 aliphatic carbocycles. The van der Waals surface area contributed by atoms with Gasteiger partial charge in [0.15, 0.2) is 0 Å². The lowest BCUT2D eigenvalue weighted by molar-refractivity contribution is 0.323. The minimum absolute atomic E-state index is 0.392. The van der Waals surface area contributed by atoms with Crippen LogP contribution in [0, 0.1) is 5.92 Å². The Kier molecular flexibility index (Phi) is 4.82. The van der Waals surface area contributed by atoms with Gasteiger partial charge < -0.3 is 5.73 Å². The summed E-state index contributed by atoms with van der Waals surface area (Å²) in [4.78, 5) is 0. The summed E-state index contributed by atoms with van der Waals surface area (Å²) in [6, 6.07) is 9.23. The molecule has 0 fully saturated rings. The molecule has 18 heavy (non-hydrogen) atoms. The van der Waals surface area contributed by atoms with Crippen LogP contribution in [0.5, 0.6) is 0 Å². The summed E-state index contributed by atoms with van der Waals surface area (Å²) < 4.78 is 0. The first-order valence-electron chi connectivity index (χ1n) is 7.59. The fourth-order valence-corrected chi connectivity index (χ4v) is 3.41. The van der Waals surface area contributed by atoms with Gasteiger partial charge >= 0.3 is 0 Å².